The summed E-state index contributed by atoms with van der Waals surface area (Å²) < 4.78 is 4.89. The van der Waals surface area contributed by atoms with E-state index in [1.54, 1.807) is 7.11 Å². The quantitative estimate of drug-likeness (QED) is 0.760. The molecule has 0 radical (unpaired) electrons. The van der Waals surface area contributed by atoms with Crippen LogP contribution in [0.3, 0.4) is 0 Å². The highest BCUT2D eigenvalue weighted by Gasteiger charge is 2.20. The highest BCUT2D eigenvalue weighted by molar-refractivity contribution is 5.95. The Hall–Kier alpha value is -1.79. The van der Waals surface area contributed by atoms with Gasteiger partial charge < -0.3 is 9.64 Å². The minimum Gasteiger partial charge on any atom is -0.372 e. The van der Waals surface area contributed by atoms with Gasteiger partial charge in [0.1, 0.15) is 6.61 Å². The molecule has 3 nitrogen and oxygen atoms in total. The molecule has 100 valence electrons. The highest BCUT2D eigenvalue weighted by atomic mass is 16.5. The lowest BCUT2D eigenvalue weighted by atomic mass is 10.0. The number of hydrogen-bond acceptors (Lipinski definition) is 2. The summed E-state index contributed by atoms with van der Waals surface area (Å²) in [7, 11) is 1.62. The van der Waals surface area contributed by atoms with Crippen molar-refractivity contribution in [3.8, 4) is 11.8 Å². The zero-order valence-corrected chi connectivity index (χ0v) is 11.5. The average molecular weight is 257 g/mol. The third-order valence-corrected chi connectivity index (χ3v) is 3.30. The third-order valence-electron chi connectivity index (χ3n) is 3.30. The number of hydrogen-bond donors (Lipinski definition) is 0. The molecule has 1 fully saturated rings. The van der Waals surface area contributed by atoms with E-state index >= 15 is 0 Å². The Morgan fingerprint density at radius 3 is 2.74 bits per heavy atom. The van der Waals surface area contributed by atoms with Crippen molar-refractivity contribution in [1.29, 1.82) is 0 Å². The zero-order valence-electron chi connectivity index (χ0n) is 11.5. The summed E-state index contributed by atoms with van der Waals surface area (Å²) in [5.41, 5.74) is 2.70. The number of aryl methyl sites for hydroxylation is 1. The van der Waals surface area contributed by atoms with Crippen LogP contribution in [-0.2, 0) is 4.74 Å². The van der Waals surface area contributed by atoms with Crippen molar-refractivity contribution in [2.24, 2.45) is 0 Å². The maximum atomic E-state index is 12.3. The lowest BCUT2D eigenvalue weighted by Crippen LogP contribution is -2.28. The van der Waals surface area contributed by atoms with Gasteiger partial charge in [0.05, 0.1) is 0 Å². The number of carbonyl (C=O) groups excluding carboxylic acids is 1. The van der Waals surface area contributed by atoms with E-state index < -0.39 is 0 Å². The van der Waals surface area contributed by atoms with Crippen LogP contribution >= 0.6 is 0 Å². The monoisotopic (exact) mass is 257 g/mol. The molecule has 0 N–H and O–H groups in total. The molecule has 1 aromatic carbocycles. The summed E-state index contributed by atoms with van der Waals surface area (Å²) >= 11 is 0. The molecule has 0 unspecified atom stereocenters. The van der Waals surface area contributed by atoms with Gasteiger partial charge in [-0.2, -0.15) is 0 Å². The van der Waals surface area contributed by atoms with Crippen molar-refractivity contribution in [3.05, 3.63) is 34.9 Å². The highest BCUT2D eigenvalue weighted by Crippen LogP contribution is 2.17. The Labute approximate surface area is 114 Å². The minimum atomic E-state index is 0.145. The van der Waals surface area contributed by atoms with Gasteiger partial charge in [0, 0.05) is 31.3 Å². The van der Waals surface area contributed by atoms with Crippen molar-refractivity contribution in [2.45, 2.75) is 19.8 Å². The van der Waals surface area contributed by atoms with Crippen LogP contribution in [0, 0.1) is 18.8 Å². The molecule has 1 aromatic rings. The van der Waals surface area contributed by atoms with Gasteiger partial charge in [0.2, 0.25) is 0 Å². The zero-order chi connectivity index (χ0) is 13.7. The molecular formula is C16H19NO2. The lowest BCUT2D eigenvalue weighted by Gasteiger charge is -2.16. The first-order chi connectivity index (χ1) is 9.22. The summed E-state index contributed by atoms with van der Waals surface area (Å²) in [6, 6.07) is 5.75. The van der Waals surface area contributed by atoms with Gasteiger partial charge in [-0.3, -0.25) is 4.79 Å². The summed E-state index contributed by atoms with van der Waals surface area (Å²) in [6.45, 7) is 4.15. The van der Waals surface area contributed by atoms with E-state index in [1.807, 2.05) is 30.0 Å². The molecule has 1 amide bonds. The van der Waals surface area contributed by atoms with Crippen LogP contribution < -0.4 is 0 Å². The Balaban J connectivity index is 2.15. The van der Waals surface area contributed by atoms with E-state index in [2.05, 4.69) is 11.8 Å². The normalized spacial score (nSPS) is 14.1. The van der Waals surface area contributed by atoms with Crippen LogP contribution in [0.15, 0.2) is 18.2 Å². The number of ether oxygens (including phenoxy) is 1. The first-order valence-electron chi connectivity index (χ1n) is 6.60. The second-order valence-electron chi connectivity index (χ2n) is 4.76. The van der Waals surface area contributed by atoms with E-state index in [0.29, 0.717) is 6.61 Å². The summed E-state index contributed by atoms with van der Waals surface area (Å²) in [5.74, 6) is 6.08. The summed E-state index contributed by atoms with van der Waals surface area (Å²) in [4.78, 5) is 14.2. The van der Waals surface area contributed by atoms with E-state index in [9.17, 15) is 4.79 Å². The molecule has 19 heavy (non-hydrogen) atoms. The third kappa shape index (κ3) is 3.36. The number of carbonyl (C=O) groups is 1. The van der Waals surface area contributed by atoms with Gasteiger partial charge >= 0.3 is 0 Å². The SMILES string of the molecule is COCC#Cc1ccc(C(=O)N2CCCC2)c(C)c1. The Kier molecular flexibility index (Phi) is 4.59. The van der Waals surface area contributed by atoms with Crippen molar-refractivity contribution in [1.82, 2.24) is 4.90 Å². The van der Waals surface area contributed by atoms with Crippen LogP contribution in [0.2, 0.25) is 0 Å². The Morgan fingerprint density at radius 1 is 1.37 bits per heavy atom. The van der Waals surface area contributed by atoms with Gasteiger partial charge in [-0.1, -0.05) is 11.8 Å². The molecule has 0 spiro atoms. The van der Waals surface area contributed by atoms with E-state index in [0.717, 1.165) is 42.6 Å². The average Bonchev–Trinajstić information content (AvgIpc) is 2.92. The standard InChI is InChI=1S/C16H19NO2/c1-13-12-14(6-5-11-19-2)7-8-15(13)16(18)17-9-3-4-10-17/h7-8,12H,3-4,9-11H2,1-2H3. The van der Waals surface area contributed by atoms with Crippen molar-refractivity contribution in [3.63, 3.8) is 0 Å². The van der Waals surface area contributed by atoms with Gasteiger partial charge in [-0.05, 0) is 43.5 Å². The first-order valence-corrected chi connectivity index (χ1v) is 6.60. The molecular weight excluding hydrogens is 238 g/mol. The topological polar surface area (TPSA) is 29.5 Å². The predicted octanol–water partition coefficient (Wildman–Crippen LogP) is 2.23. The van der Waals surface area contributed by atoms with Crippen LogP contribution in [0.25, 0.3) is 0 Å². The maximum Gasteiger partial charge on any atom is 0.254 e. The van der Waals surface area contributed by atoms with Crippen molar-refractivity contribution < 1.29 is 9.53 Å². The molecule has 0 saturated carbocycles. The fourth-order valence-electron chi connectivity index (χ4n) is 2.28. The number of amides is 1. The minimum absolute atomic E-state index is 0.145. The van der Waals surface area contributed by atoms with Crippen LogP contribution in [0.1, 0.15) is 34.3 Å². The Morgan fingerprint density at radius 2 is 2.11 bits per heavy atom. The molecule has 3 heteroatoms. The second kappa shape index (κ2) is 6.40. The van der Waals surface area contributed by atoms with Crippen LogP contribution in [0.5, 0.6) is 0 Å². The largest absolute Gasteiger partial charge is 0.372 e. The smallest absolute Gasteiger partial charge is 0.254 e. The van der Waals surface area contributed by atoms with E-state index in [-0.39, 0.29) is 5.91 Å². The number of nitrogens with zero attached hydrogens (tertiary/aromatic N) is 1. The number of methoxy groups -OCH3 is 1. The molecule has 2 rings (SSSR count). The van der Waals surface area contributed by atoms with Crippen molar-refractivity contribution in [2.75, 3.05) is 26.8 Å². The van der Waals surface area contributed by atoms with Gasteiger partial charge in [-0.15, -0.1) is 0 Å². The second-order valence-corrected chi connectivity index (χ2v) is 4.76. The van der Waals surface area contributed by atoms with E-state index in [1.165, 1.54) is 0 Å². The van der Waals surface area contributed by atoms with E-state index in [4.69, 9.17) is 4.74 Å². The van der Waals surface area contributed by atoms with Gasteiger partial charge in [0.25, 0.3) is 5.91 Å². The molecule has 1 heterocycles. The summed E-state index contributed by atoms with van der Waals surface area (Å²) in [6.07, 6.45) is 2.23. The number of benzene rings is 1. The molecule has 1 aliphatic rings. The van der Waals surface area contributed by atoms with Gasteiger partial charge in [-0.25, -0.2) is 0 Å². The van der Waals surface area contributed by atoms with Crippen LogP contribution in [0.4, 0.5) is 0 Å². The molecule has 0 atom stereocenters. The fourth-order valence-corrected chi connectivity index (χ4v) is 2.28. The maximum absolute atomic E-state index is 12.3. The lowest BCUT2D eigenvalue weighted by molar-refractivity contribution is 0.0792. The molecule has 0 aliphatic carbocycles. The molecule has 0 bridgehead atoms. The summed E-state index contributed by atoms with van der Waals surface area (Å²) in [5, 5.41) is 0. The predicted molar refractivity (Wildman–Crippen MR) is 75.1 cm³/mol. The van der Waals surface area contributed by atoms with Gasteiger partial charge in [0.15, 0.2) is 0 Å². The van der Waals surface area contributed by atoms with Crippen LogP contribution in [-0.4, -0.2) is 37.6 Å². The number of rotatable bonds is 2. The number of likely N-dealkylation sites (tertiary alicyclic amines) is 1. The van der Waals surface area contributed by atoms with Crippen molar-refractivity contribution >= 4 is 5.91 Å². The first kappa shape index (κ1) is 13.6. The molecule has 1 saturated heterocycles. The fraction of sp³-hybridized carbons (Fsp3) is 0.438. The Bertz CT molecular complexity index is 519. The molecule has 0 aromatic heterocycles. The molecule has 1 aliphatic heterocycles.